The average molecular weight is 501 g/mol. The number of aliphatic hydroxyl groups excluding tert-OH is 1. The number of nitrogens with one attached hydrogen (secondary N) is 1. The number of hydrogen-bond donors (Lipinski definition) is 2. The van der Waals surface area contributed by atoms with Crippen LogP contribution in [0.1, 0.15) is 24.5 Å². The van der Waals surface area contributed by atoms with Crippen molar-refractivity contribution in [2.24, 2.45) is 0 Å². The first kappa shape index (κ1) is 23.4. The summed E-state index contributed by atoms with van der Waals surface area (Å²) >= 11 is 12.8. The van der Waals surface area contributed by atoms with E-state index >= 15 is 0 Å². The normalized spacial score (nSPS) is 16.1. The lowest BCUT2D eigenvalue weighted by Crippen LogP contribution is -2.28. The topological polar surface area (TPSA) is 86.9 Å². The van der Waals surface area contributed by atoms with Gasteiger partial charge in [0.05, 0.1) is 29.7 Å². The molecule has 1 fully saturated rings. The summed E-state index contributed by atoms with van der Waals surface area (Å²) in [5, 5.41) is 13.3. The van der Waals surface area contributed by atoms with Crippen LogP contribution in [0.25, 0.3) is 11.7 Å². The van der Waals surface area contributed by atoms with Crippen LogP contribution in [0.5, 0.6) is 0 Å². The van der Waals surface area contributed by atoms with Crippen molar-refractivity contribution in [3.05, 3.63) is 80.1 Å². The highest BCUT2D eigenvalue weighted by Crippen LogP contribution is 2.35. The minimum absolute atomic E-state index is 0.119. The Morgan fingerprint density at radius 1 is 1.24 bits per heavy atom. The largest absolute Gasteiger partial charge is 0.394 e. The molecule has 1 aliphatic heterocycles. The zero-order valence-corrected chi connectivity index (χ0v) is 20.1. The number of aliphatic hydroxyl groups is 1. The van der Waals surface area contributed by atoms with E-state index in [2.05, 4.69) is 10.3 Å². The first-order chi connectivity index (χ1) is 15.9. The van der Waals surface area contributed by atoms with Crippen molar-refractivity contribution in [3.63, 3.8) is 0 Å². The smallest absolute Gasteiger partial charge is 0.267 e. The molecule has 170 valence electrons. The van der Waals surface area contributed by atoms with Crippen molar-refractivity contribution in [2.75, 3.05) is 11.9 Å². The second kappa shape index (κ2) is 10.0. The van der Waals surface area contributed by atoms with E-state index in [-0.39, 0.29) is 36.2 Å². The molecule has 7 nitrogen and oxygen atoms in total. The van der Waals surface area contributed by atoms with Crippen LogP contribution in [-0.4, -0.2) is 42.3 Å². The third-order valence-electron chi connectivity index (χ3n) is 5.26. The maximum atomic E-state index is 13.3. The number of halogens is 1. The van der Waals surface area contributed by atoms with E-state index in [4.69, 9.17) is 23.8 Å². The highest BCUT2D eigenvalue weighted by atomic mass is 35.5. The van der Waals surface area contributed by atoms with Crippen molar-refractivity contribution in [2.45, 2.75) is 25.9 Å². The van der Waals surface area contributed by atoms with Gasteiger partial charge in [-0.1, -0.05) is 66.8 Å². The Bertz CT molecular complexity index is 1320. The summed E-state index contributed by atoms with van der Waals surface area (Å²) in [6.45, 7) is 2.04. The zero-order chi connectivity index (χ0) is 23.5. The van der Waals surface area contributed by atoms with Gasteiger partial charge in [0.1, 0.15) is 15.8 Å². The third-order valence-corrected chi connectivity index (χ3v) is 7.00. The van der Waals surface area contributed by atoms with Gasteiger partial charge in [0, 0.05) is 11.2 Å². The second-order valence-electron chi connectivity index (χ2n) is 7.40. The van der Waals surface area contributed by atoms with Crippen molar-refractivity contribution in [1.82, 2.24) is 14.3 Å². The van der Waals surface area contributed by atoms with Gasteiger partial charge in [-0.3, -0.25) is 18.9 Å². The number of carbonyl (C=O) groups excluding carboxylic acids is 1. The molecule has 3 aromatic rings. The standard InChI is InChI=1S/C23H21ClN4O3S2/c1-2-15(13-29)25-20-16(21(30)27-10-6-5-9-19(27)26-20)11-18-22(31)28(23(32)33-18)12-14-7-3-4-8-17(14)24/h3-11,15,25,29H,2,12-13H2,1H3/b18-11-/t15-/m0/s1. The van der Waals surface area contributed by atoms with Gasteiger partial charge in [-0.15, -0.1) is 0 Å². The number of benzene rings is 1. The van der Waals surface area contributed by atoms with Crippen molar-refractivity contribution in [3.8, 4) is 0 Å². The van der Waals surface area contributed by atoms with Crippen LogP contribution < -0.4 is 10.9 Å². The number of rotatable bonds is 7. The van der Waals surface area contributed by atoms with E-state index in [1.54, 1.807) is 30.5 Å². The quantitative estimate of drug-likeness (QED) is 0.375. The number of amides is 1. The molecule has 1 aromatic carbocycles. The van der Waals surface area contributed by atoms with E-state index < -0.39 is 0 Å². The fraction of sp³-hybridized carbons (Fsp3) is 0.217. The van der Waals surface area contributed by atoms with E-state index in [0.717, 1.165) is 17.3 Å². The summed E-state index contributed by atoms with van der Waals surface area (Å²) in [5.41, 5.74) is 1.14. The number of anilines is 1. The summed E-state index contributed by atoms with van der Waals surface area (Å²) in [6.07, 6.45) is 3.77. The van der Waals surface area contributed by atoms with Crippen LogP contribution in [-0.2, 0) is 11.3 Å². The number of hydrogen-bond acceptors (Lipinski definition) is 7. The number of carbonyl (C=O) groups is 1. The molecule has 1 saturated heterocycles. The van der Waals surface area contributed by atoms with Crippen LogP contribution in [0.4, 0.5) is 5.82 Å². The highest BCUT2D eigenvalue weighted by Gasteiger charge is 2.33. The molecule has 0 bridgehead atoms. The van der Waals surface area contributed by atoms with Crippen LogP contribution in [0.3, 0.4) is 0 Å². The molecule has 0 aliphatic carbocycles. The molecule has 33 heavy (non-hydrogen) atoms. The van der Waals surface area contributed by atoms with Gasteiger partial charge < -0.3 is 10.4 Å². The fourth-order valence-corrected chi connectivity index (χ4v) is 4.81. The molecule has 4 rings (SSSR count). The molecule has 0 saturated carbocycles. The van der Waals surface area contributed by atoms with Crippen molar-refractivity contribution >= 4 is 63.3 Å². The Labute approximate surface area is 205 Å². The predicted octanol–water partition coefficient (Wildman–Crippen LogP) is 3.93. The van der Waals surface area contributed by atoms with Crippen LogP contribution in [0.2, 0.25) is 5.02 Å². The molecule has 1 aliphatic rings. The Balaban J connectivity index is 1.75. The van der Waals surface area contributed by atoms with Gasteiger partial charge in [-0.05, 0) is 36.3 Å². The summed E-state index contributed by atoms with van der Waals surface area (Å²) in [4.78, 5) is 32.8. The molecule has 3 heterocycles. The van der Waals surface area contributed by atoms with Gasteiger partial charge in [0.2, 0.25) is 0 Å². The number of aromatic nitrogens is 2. The summed E-state index contributed by atoms with van der Waals surface area (Å²) in [7, 11) is 0. The predicted molar refractivity (Wildman–Crippen MR) is 136 cm³/mol. The minimum atomic E-state index is -0.327. The minimum Gasteiger partial charge on any atom is -0.394 e. The van der Waals surface area contributed by atoms with E-state index in [1.165, 1.54) is 15.4 Å². The monoisotopic (exact) mass is 500 g/mol. The van der Waals surface area contributed by atoms with Crippen LogP contribution in [0, 0.1) is 0 Å². The first-order valence-corrected chi connectivity index (χ1v) is 11.9. The van der Waals surface area contributed by atoms with E-state index in [0.29, 0.717) is 32.1 Å². The molecule has 0 radical (unpaired) electrons. The maximum absolute atomic E-state index is 13.3. The van der Waals surface area contributed by atoms with Gasteiger partial charge in [-0.25, -0.2) is 4.98 Å². The Hall–Kier alpha value is -2.72. The van der Waals surface area contributed by atoms with Crippen LogP contribution >= 0.6 is 35.6 Å². The molecule has 0 unspecified atom stereocenters. The molecule has 1 amide bonds. The van der Waals surface area contributed by atoms with Crippen molar-refractivity contribution < 1.29 is 9.90 Å². The number of nitrogens with zero attached hydrogens (tertiary/aromatic N) is 3. The van der Waals surface area contributed by atoms with Crippen molar-refractivity contribution in [1.29, 1.82) is 0 Å². The number of thioether (sulfide) groups is 1. The number of fused-ring (bicyclic) bond motifs is 1. The summed E-state index contributed by atoms with van der Waals surface area (Å²) in [5.74, 6) is 0.00565. The maximum Gasteiger partial charge on any atom is 0.267 e. The fourth-order valence-electron chi connectivity index (χ4n) is 3.38. The Kier molecular flexibility index (Phi) is 7.14. The molecule has 2 aromatic heterocycles. The van der Waals surface area contributed by atoms with E-state index in [9.17, 15) is 14.7 Å². The lowest BCUT2D eigenvalue weighted by molar-refractivity contribution is -0.122. The molecule has 0 spiro atoms. The third kappa shape index (κ3) is 4.81. The molecular formula is C23H21ClN4O3S2. The molecule has 1 atom stereocenters. The average Bonchev–Trinajstić information content (AvgIpc) is 3.08. The van der Waals surface area contributed by atoms with Gasteiger partial charge >= 0.3 is 0 Å². The number of pyridine rings is 1. The first-order valence-electron chi connectivity index (χ1n) is 10.3. The Morgan fingerprint density at radius 3 is 2.73 bits per heavy atom. The molecule has 10 heteroatoms. The summed E-state index contributed by atoms with van der Waals surface area (Å²) < 4.78 is 1.80. The lowest BCUT2D eigenvalue weighted by atomic mass is 10.2. The highest BCUT2D eigenvalue weighted by molar-refractivity contribution is 8.26. The van der Waals surface area contributed by atoms with Crippen LogP contribution in [0.15, 0.2) is 58.4 Å². The summed E-state index contributed by atoms with van der Waals surface area (Å²) in [6, 6.07) is 12.2. The van der Waals surface area contributed by atoms with E-state index in [1.807, 2.05) is 25.1 Å². The zero-order valence-electron chi connectivity index (χ0n) is 17.7. The Morgan fingerprint density at radius 2 is 2.00 bits per heavy atom. The second-order valence-corrected chi connectivity index (χ2v) is 9.48. The van der Waals surface area contributed by atoms with Gasteiger partial charge in [-0.2, -0.15) is 0 Å². The SMILES string of the molecule is CC[C@@H](CO)Nc1nc2ccccn2c(=O)c1/C=C1\SC(=S)N(Cc2ccccc2Cl)C1=O. The molecule has 2 N–H and O–H groups in total. The number of thiocarbonyl (C=S) groups is 1. The van der Waals surface area contributed by atoms with Gasteiger partial charge in [0.25, 0.3) is 11.5 Å². The molecular weight excluding hydrogens is 480 g/mol. The lowest BCUT2D eigenvalue weighted by Gasteiger charge is -2.17. The van der Waals surface area contributed by atoms with Gasteiger partial charge in [0.15, 0.2) is 0 Å².